The van der Waals surface area contributed by atoms with Gasteiger partial charge in [0, 0.05) is 11.9 Å². The standard InChI is InChI=1S/C2H4N2OS2/c5-2-1-4(6)3-7-2/h3,6H,1H2. The third-order valence-electron chi connectivity index (χ3n) is 0.544. The van der Waals surface area contributed by atoms with Crippen LogP contribution in [0.15, 0.2) is 0 Å². The zero-order valence-corrected chi connectivity index (χ0v) is 5.13. The molecule has 1 rings (SSSR count). The summed E-state index contributed by atoms with van der Waals surface area (Å²) in [6, 6.07) is 0. The molecule has 1 heterocycles. The minimum atomic E-state index is 0.106. The monoisotopic (exact) mass is 136 g/mol. The average Bonchev–Trinajstić information content (AvgIpc) is 1.87. The van der Waals surface area contributed by atoms with E-state index in [1.54, 1.807) is 0 Å². The molecule has 0 atom stereocenters. The van der Waals surface area contributed by atoms with E-state index in [9.17, 15) is 4.79 Å². The predicted octanol–water partition coefficient (Wildman–Crippen LogP) is -0.174. The van der Waals surface area contributed by atoms with Gasteiger partial charge in [0.2, 0.25) is 5.12 Å². The number of carbonyl (C=O) groups is 1. The van der Waals surface area contributed by atoms with E-state index in [0.29, 0.717) is 6.54 Å². The van der Waals surface area contributed by atoms with Crippen LogP contribution in [-0.4, -0.2) is 16.1 Å². The summed E-state index contributed by atoms with van der Waals surface area (Å²) < 4.78 is 1.44. The van der Waals surface area contributed by atoms with E-state index in [0.717, 1.165) is 11.9 Å². The van der Waals surface area contributed by atoms with Crippen molar-refractivity contribution in [3.63, 3.8) is 0 Å². The Morgan fingerprint density at radius 2 is 2.71 bits per heavy atom. The molecule has 1 N–H and O–H groups in total. The Morgan fingerprint density at radius 3 is 2.86 bits per heavy atom. The molecule has 0 amide bonds. The lowest BCUT2D eigenvalue weighted by atomic mass is 10.8. The van der Waals surface area contributed by atoms with Crippen molar-refractivity contribution in [1.29, 1.82) is 0 Å². The van der Waals surface area contributed by atoms with Crippen LogP contribution in [0.1, 0.15) is 0 Å². The highest BCUT2D eigenvalue weighted by atomic mass is 32.2. The van der Waals surface area contributed by atoms with E-state index in [1.807, 2.05) is 0 Å². The molecule has 0 bridgehead atoms. The summed E-state index contributed by atoms with van der Waals surface area (Å²) >= 11 is 4.90. The van der Waals surface area contributed by atoms with Crippen molar-refractivity contribution in [1.82, 2.24) is 9.25 Å². The van der Waals surface area contributed by atoms with Crippen LogP contribution in [0, 0.1) is 0 Å². The van der Waals surface area contributed by atoms with Gasteiger partial charge in [0.15, 0.2) is 0 Å². The van der Waals surface area contributed by atoms with Crippen LogP contribution < -0.4 is 4.83 Å². The Labute approximate surface area is 51.1 Å². The van der Waals surface area contributed by atoms with Gasteiger partial charge < -0.3 is 0 Å². The second-order valence-corrected chi connectivity index (χ2v) is 2.45. The Kier molecular flexibility index (Phi) is 1.58. The van der Waals surface area contributed by atoms with Gasteiger partial charge in [-0.25, -0.2) is 0 Å². The number of nitrogens with one attached hydrogen (secondary N) is 1. The molecule has 0 unspecified atom stereocenters. The molecule has 0 radical (unpaired) electrons. The number of nitrogens with zero attached hydrogens (tertiary/aromatic N) is 1. The van der Waals surface area contributed by atoms with Gasteiger partial charge in [0.05, 0.1) is 6.54 Å². The molecular weight excluding hydrogens is 132 g/mol. The number of rotatable bonds is 0. The molecule has 40 valence electrons. The molecule has 0 aliphatic carbocycles. The van der Waals surface area contributed by atoms with Gasteiger partial charge in [0.25, 0.3) is 0 Å². The van der Waals surface area contributed by atoms with Gasteiger partial charge in [-0.2, -0.15) is 9.25 Å². The van der Waals surface area contributed by atoms with E-state index in [1.165, 1.54) is 4.41 Å². The van der Waals surface area contributed by atoms with E-state index in [4.69, 9.17) is 0 Å². The van der Waals surface area contributed by atoms with Gasteiger partial charge in [0.1, 0.15) is 0 Å². The number of carbonyl (C=O) groups excluding carboxylic acids is 1. The molecule has 7 heavy (non-hydrogen) atoms. The lowest BCUT2D eigenvalue weighted by Gasteiger charge is -1.97. The second kappa shape index (κ2) is 2.04. The van der Waals surface area contributed by atoms with E-state index in [-0.39, 0.29) is 5.12 Å². The van der Waals surface area contributed by atoms with Gasteiger partial charge >= 0.3 is 0 Å². The summed E-state index contributed by atoms with van der Waals surface area (Å²) in [6.07, 6.45) is 0. The van der Waals surface area contributed by atoms with Crippen LogP contribution in [0.4, 0.5) is 0 Å². The van der Waals surface area contributed by atoms with E-state index in [2.05, 4.69) is 17.6 Å². The molecule has 1 saturated heterocycles. The maximum atomic E-state index is 10.3. The summed E-state index contributed by atoms with van der Waals surface area (Å²) in [5.74, 6) is 0. The Hall–Kier alpha value is 0.290. The molecule has 1 aliphatic heterocycles. The molecule has 0 spiro atoms. The fourth-order valence-corrected chi connectivity index (χ4v) is 1.10. The van der Waals surface area contributed by atoms with Crippen LogP contribution in [0.25, 0.3) is 0 Å². The molecule has 3 nitrogen and oxygen atoms in total. The summed E-state index contributed by atoms with van der Waals surface area (Å²) in [6.45, 7) is 0.383. The summed E-state index contributed by atoms with van der Waals surface area (Å²) in [7, 11) is 0. The highest BCUT2D eigenvalue weighted by Gasteiger charge is 2.15. The SMILES string of the molecule is O=C1CN(S)NS1. The Morgan fingerprint density at radius 1 is 2.00 bits per heavy atom. The highest BCUT2D eigenvalue weighted by Crippen LogP contribution is 2.08. The quantitative estimate of drug-likeness (QED) is 0.357. The topological polar surface area (TPSA) is 32.3 Å². The molecule has 0 saturated carbocycles. The van der Waals surface area contributed by atoms with Crippen molar-refractivity contribution in [2.45, 2.75) is 0 Å². The summed E-state index contributed by atoms with van der Waals surface area (Å²) in [4.78, 5) is 12.9. The van der Waals surface area contributed by atoms with Crippen molar-refractivity contribution in [3.8, 4) is 0 Å². The Bertz CT molecular complexity index is 95.7. The third-order valence-corrected chi connectivity index (χ3v) is 1.59. The van der Waals surface area contributed by atoms with Gasteiger partial charge in [-0.1, -0.05) is 12.8 Å². The fourth-order valence-electron chi connectivity index (χ4n) is 0.290. The first-order valence-corrected chi connectivity index (χ1v) is 2.92. The van der Waals surface area contributed by atoms with Gasteiger partial charge in [-0.05, 0) is 0 Å². The lowest BCUT2D eigenvalue weighted by Crippen LogP contribution is -2.16. The molecule has 1 fully saturated rings. The van der Waals surface area contributed by atoms with Crippen molar-refractivity contribution in [3.05, 3.63) is 0 Å². The largest absolute Gasteiger partial charge is 0.284 e. The van der Waals surface area contributed by atoms with Crippen molar-refractivity contribution in [2.24, 2.45) is 0 Å². The second-order valence-electron chi connectivity index (χ2n) is 1.12. The number of thiol groups is 1. The minimum Gasteiger partial charge on any atom is -0.284 e. The molecular formula is C2H4N2OS2. The molecule has 5 heteroatoms. The van der Waals surface area contributed by atoms with Gasteiger partial charge in [-0.15, -0.1) is 0 Å². The zero-order chi connectivity index (χ0) is 5.28. The van der Waals surface area contributed by atoms with E-state index >= 15 is 0 Å². The number of hydrogen-bond donors (Lipinski definition) is 2. The maximum Gasteiger partial charge on any atom is 0.221 e. The highest BCUT2D eigenvalue weighted by molar-refractivity contribution is 8.12. The Balaban J connectivity index is 2.40. The van der Waals surface area contributed by atoms with Crippen molar-refractivity contribution in [2.75, 3.05) is 6.54 Å². The maximum absolute atomic E-state index is 10.3. The third kappa shape index (κ3) is 1.34. The molecule has 0 aromatic carbocycles. The predicted molar refractivity (Wildman–Crippen MR) is 31.4 cm³/mol. The number of hydrazine groups is 1. The van der Waals surface area contributed by atoms with Crippen molar-refractivity contribution >= 4 is 29.9 Å². The molecule has 0 aromatic rings. The van der Waals surface area contributed by atoms with Crippen LogP contribution >= 0.6 is 24.8 Å². The average molecular weight is 136 g/mol. The first kappa shape index (κ1) is 5.43. The summed E-state index contributed by atoms with van der Waals surface area (Å²) in [5, 5.41) is 0.106. The van der Waals surface area contributed by atoms with Gasteiger partial charge in [-0.3, -0.25) is 4.79 Å². The van der Waals surface area contributed by atoms with E-state index < -0.39 is 0 Å². The van der Waals surface area contributed by atoms with Crippen LogP contribution in [0.3, 0.4) is 0 Å². The van der Waals surface area contributed by atoms with Crippen LogP contribution in [-0.2, 0) is 4.79 Å². The van der Waals surface area contributed by atoms with Crippen LogP contribution in [0.5, 0.6) is 0 Å². The fraction of sp³-hybridized carbons (Fsp3) is 0.500. The zero-order valence-electron chi connectivity index (χ0n) is 3.42. The molecule has 1 aliphatic rings. The normalized spacial score (nSPS) is 23.9. The van der Waals surface area contributed by atoms with Crippen LogP contribution in [0.2, 0.25) is 0 Å². The first-order chi connectivity index (χ1) is 3.29. The van der Waals surface area contributed by atoms with Crippen molar-refractivity contribution < 1.29 is 4.79 Å². The summed E-state index contributed by atoms with van der Waals surface area (Å²) in [5.41, 5.74) is 0. The minimum absolute atomic E-state index is 0.106. The lowest BCUT2D eigenvalue weighted by molar-refractivity contribution is -0.110. The first-order valence-electron chi connectivity index (χ1n) is 1.71. The number of hydrogen-bond acceptors (Lipinski definition) is 5. The smallest absolute Gasteiger partial charge is 0.221 e. The molecule has 0 aromatic heterocycles.